The molecule has 0 saturated heterocycles. The number of nitrogens with zero attached hydrogens (tertiary/aromatic N) is 4. The molecular formula is C42H37N4O4+. The number of imidazole rings is 1. The van der Waals surface area contributed by atoms with Gasteiger partial charge >= 0.3 is 5.97 Å². The van der Waals surface area contributed by atoms with Crippen LogP contribution in [-0.2, 0) is 40.9 Å². The Morgan fingerprint density at radius 1 is 0.740 bits per heavy atom. The van der Waals surface area contributed by atoms with Crippen LogP contribution in [-0.4, -0.2) is 33.3 Å². The van der Waals surface area contributed by atoms with E-state index >= 15 is 0 Å². The molecule has 0 saturated carbocycles. The predicted octanol–water partition coefficient (Wildman–Crippen LogP) is 7.99. The van der Waals surface area contributed by atoms with Gasteiger partial charge in [-0.25, -0.2) is 13.9 Å². The fourth-order valence-corrected chi connectivity index (χ4v) is 7.40. The molecule has 8 heteroatoms. The number of methoxy groups -OCH3 is 1. The first-order valence-electron chi connectivity index (χ1n) is 16.9. The Morgan fingerprint density at radius 3 is 1.94 bits per heavy atom. The second kappa shape index (κ2) is 13.0. The zero-order chi connectivity index (χ0) is 34.2. The van der Waals surface area contributed by atoms with Crippen molar-refractivity contribution in [1.82, 2.24) is 13.7 Å². The smallest absolute Gasteiger partial charge is 0.338 e. The maximum Gasteiger partial charge on any atom is 0.338 e. The molecule has 0 aliphatic rings. The minimum absolute atomic E-state index is 0.0725. The summed E-state index contributed by atoms with van der Waals surface area (Å²) >= 11 is 0. The van der Waals surface area contributed by atoms with Gasteiger partial charge in [0.25, 0.3) is 6.47 Å². The first-order valence-corrected chi connectivity index (χ1v) is 16.9. The summed E-state index contributed by atoms with van der Waals surface area (Å²) in [7, 11) is 3.41. The summed E-state index contributed by atoms with van der Waals surface area (Å²) in [6.07, 6.45) is 9.45. The number of ether oxygens (including phenoxy) is 2. The third kappa shape index (κ3) is 5.39. The average Bonchev–Trinajstić information content (AvgIpc) is 3.83. The van der Waals surface area contributed by atoms with Crippen molar-refractivity contribution in [2.24, 2.45) is 7.05 Å². The van der Waals surface area contributed by atoms with Gasteiger partial charge in [0.2, 0.25) is 6.33 Å². The summed E-state index contributed by atoms with van der Waals surface area (Å²) in [5, 5.41) is 4.52. The van der Waals surface area contributed by atoms with Crippen LogP contribution in [0.1, 0.15) is 34.3 Å². The molecule has 0 amide bonds. The maximum absolute atomic E-state index is 13.3. The van der Waals surface area contributed by atoms with Crippen LogP contribution >= 0.6 is 0 Å². The van der Waals surface area contributed by atoms with Crippen molar-refractivity contribution in [3.63, 3.8) is 0 Å². The topological polar surface area (TPSA) is 71.3 Å². The van der Waals surface area contributed by atoms with E-state index < -0.39 is 5.97 Å². The largest absolute Gasteiger partial charge is 0.465 e. The van der Waals surface area contributed by atoms with Crippen molar-refractivity contribution < 1.29 is 23.6 Å². The second-order valence-electron chi connectivity index (χ2n) is 12.7. The molecule has 5 aromatic carbocycles. The van der Waals surface area contributed by atoms with Crippen molar-refractivity contribution in [1.29, 1.82) is 0 Å². The van der Waals surface area contributed by atoms with E-state index in [1.54, 1.807) is 0 Å². The highest BCUT2D eigenvalue weighted by Crippen LogP contribution is 2.39. The molecule has 0 N–H and O–H groups in total. The molecule has 0 radical (unpaired) electrons. The molecule has 8 nitrogen and oxygen atoms in total. The summed E-state index contributed by atoms with van der Waals surface area (Å²) in [5.74, 6) is -0.499. The van der Waals surface area contributed by atoms with Gasteiger partial charge in [-0.15, -0.1) is 0 Å². The van der Waals surface area contributed by atoms with E-state index in [0.717, 1.165) is 80.8 Å². The van der Waals surface area contributed by atoms with Gasteiger partial charge in [0, 0.05) is 27.1 Å². The van der Waals surface area contributed by atoms with Crippen LogP contribution in [0.4, 0.5) is 0 Å². The lowest BCUT2D eigenvalue weighted by Crippen LogP contribution is -2.23. The lowest BCUT2D eigenvalue weighted by molar-refractivity contribution is -0.671. The number of esters is 1. The van der Waals surface area contributed by atoms with Crippen LogP contribution in [0.2, 0.25) is 0 Å². The summed E-state index contributed by atoms with van der Waals surface area (Å²) in [5.41, 5.74) is 7.96. The van der Waals surface area contributed by atoms with Crippen LogP contribution in [0.5, 0.6) is 0 Å². The summed E-state index contributed by atoms with van der Waals surface area (Å²) in [6.45, 7) is 1.32. The van der Waals surface area contributed by atoms with Gasteiger partial charge in [-0.1, -0.05) is 60.7 Å². The molecule has 0 bridgehead atoms. The van der Waals surface area contributed by atoms with Crippen molar-refractivity contribution in [2.75, 3.05) is 7.11 Å². The number of aromatic nitrogens is 4. The maximum atomic E-state index is 13.3. The van der Waals surface area contributed by atoms with Crippen LogP contribution in [0.15, 0.2) is 122 Å². The summed E-state index contributed by atoms with van der Waals surface area (Å²) in [4.78, 5) is 24.7. The molecule has 3 heterocycles. The summed E-state index contributed by atoms with van der Waals surface area (Å²) < 4.78 is 19.3. The Bertz CT molecular complexity index is 2500. The van der Waals surface area contributed by atoms with Crippen molar-refractivity contribution in [2.45, 2.75) is 32.4 Å². The predicted molar refractivity (Wildman–Crippen MR) is 196 cm³/mol. The third-order valence-corrected chi connectivity index (χ3v) is 9.67. The fourth-order valence-electron chi connectivity index (χ4n) is 7.40. The van der Waals surface area contributed by atoms with Gasteiger partial charge in [0.05, 0.1) is 59.7 Å². The minimum atomic E-state index is -0.499. The number of rotatable bonds is 11. The van der Waals surface area contributed by atoms with E-state index in [2.05, 4.69) is 104 Å². The molecule has 3 aromatic heterocycles. The molecule has 8 rings (SSSR count). The van der Waals surface area contributed by atoms with Crippen LogP contribution in [0.25, 0.3) is 55.0 Å². The normalized spacial score (nSPS) is 11.6. The SMILES string of the molecule is COC(=O)c1cc(-n2c3ccccc3c3ccccc32)c(-n2c3ccccc3c3cc(CCCCn4cc[n+](C)c4)ccc32)cc1COC=O. The molecule has 0 aliphatic heterocycles. The minimum Gasteiger partial charge on any atom is -0.465 e. The quantitative estimate of drug-likeness (QED) is 0.0610. The van der Waals surface area contributed by atoms with Crippen LogP contribution in [0.3, 0.4) is 0 Å². The molecule has 0 fully saturated rings. The standard InChI is InChI=1S/C42H37N4O4/c1-43-21-22-44(27-43)20-10-9-11-29-18-19-39-35(23-29)33-14-5-8-17-38(33)46(39)40-24-30(26-50-28-47)34(42(48)49-2)25-41(40)45-36-15-6-3-12-31(36)32-13-4-7-16-37(32)45/h3-8,12-19,21-25,27-28H,9-11,20,26H2,1-2H3/q+1. The third-order valence-electron chi connectivity index (χ3n) is 9.67. The van der Waals surface area contributed by atoms with E-state index in [4.69, 9.17) is 9.47 Å². The zero-order valence-electron chi connectivity index (χ0n) is 28.1. The van der Waals surface area contributed by atoms with E-state index in [1.807, 2.05) is 43.4 Å². The molecule has 50 heavy (non-hydrogen) atoms. The number of aryl methyl sites for hydroxylation is 3. The Hall–Kier alpha value is -6.15. The van der Waals surface area contributed by atoms with E-state index in [0.29, 0.717) is 17.6 Å². The Kier molecular flexibility index (Phi) is 8.12. The molecule has 248 valence electrons. The van der Waals surface area contributed by atoms with Crippen molar-refractivity contribution in [3.05, 3.63) is 139 Å². The van der Waals surface area contributed by atoms with E-state index in [9.17, 15) is 9.59 Å². The number of fused-ring (bicyclic) bond motifs is 6. The van der Waals surface area contributed by atoms with Crippen LogP contribution in [0, 0.1) is 0 Å². The van der Waals surface area contributed by atoms with Gasteiger partial charge in [-0.3, -0.25) is 4.79 Å². The average molecular weight is 662 g/mol. The molecular weight excluding hydrogens is 624 g/mol. The zero-order valence-corrected chi connectivity index (χ0v) is 28.1. The Balaban J connectivity index is 1.34. The van der Waals surface area contributed by atoms with Gasteiger partial charge in [0.1, 0.15) is 19.0 Å². The van der Waals surface area contributed by atoms with Gasteiger partial charge in [0.15, 0.2) is 0 Å². The lowest BCUT2D eigenvalue weighted by Gasteiger charge is -2.20. The van der Waals surface area contributed by atoms with Crippen LogP contribution < -0.4 is 4.57 Å². The molecule has 8 aromatic rings. The second-order valence-corrected chi connectivity index (χ2v) is 12.7. The highest BCUT2D eigenvalue weighted by Gasteiger charge is 2.24. The number of hydrogen-bond donors (Lipinski definition) is 0. The number of carbonyl (C=O) groups is 2. The first-order chi connectivity index (χ1) is 24.6. The highest BCUT2D eigenvalue weighted by molar-refractivity contribution is 6.12. The fraction of sp³-hybridized carbons (Fsp3) is 0.167. The van der Waals surface area contributed by atoms with E-state index in [1.165, 1.54) is 12.7 Å². The number of unbranched alkanes of at least 4 members (excludes halogenated alkanes) is 1. The number of carbonyl (C=O) groups excluding carboxylic acids is 2. The molecule has 0 unspecified atom stereocenters. The molecule has 0 aliphatic carbocycles. The van der Waals surface area contributed by atoms with Gasteiger partial charge in [-0.2, -0.15) is 0 Å². The monoisotopic (exact) mass is 661 g/mol. The Labute approximate surface area is 289 Å². The number of hydrogen-bond acceptors (Lipinski definition) is 4. The number of benzene rings is 5. The van der Waals surface area contributed by atoms with Crippen molar-refractivity contribution in [3.8, 4) is 11.4 Å². The van der Waals surface area contributed by atoms with Gasteiger partial charge < -0.3 is 18.6 Å². The molecule has 0 atom stereocenters. The Morgan fingerprint density at radius 2 is 1.34 bits per heavy atom. The molecule has 0 spiro atoms. The lowest BCUT2D eigenvalue weighted by atomic mass is 10.0. The van der Waals surface area contributed by atoms with Gasteiger partial charge in [-0.05, 0) is 67.3 Å². The van der Waals surface area contributed by atoms with E-state index in [-0.39, 0.29) is 6.61 Å². The highest BCUT2D eigenvalue weighted by atomic mass is 16.5. The summed E-state index contributed by atoms with van der Waals surface area (Å²) in [6, 6.07) is 35.7. The first kappa shape index (κ1) is 31.1. The van der Waals surface area contributed by atoms with Crippen molar-refractivity contribution >= 4 is 56.1 Å². The number of para-hydroxylation sites is 3.